The number of aryl methyl sites for hydroxylation is 2. The van der Waals surface area contributed by atoms with E-state index in [1.807, 2.05) is 6.92 Å². The van der Waals surface area contributed by atoms with Crippen molar-refractivity contribution in [3.8, 4) is 0 Å². The first-order valence-electron chi connectivity index (χ1n) is 8.19. The molecular weight excluding hydrogens is 358 g/mol. The molecule has 0 atom stereocenters. The van der Waals surface area contributed by atoms with Crippen LogP contribution in [0, 0.1) is 0 Å². The van der Waals surface area contributed by atoms with Crippen LogP contribution in [0.2, 0.25) is 0 Å². The second-order valence-corrected chi connectivity index (χ2v) is 8.12. The number of hydrogen-bond donors (Lipinski definition) is 0. The van der Waals surface area contributed by atoms with Crippen molar-refractivity contribution in [1.82, 2.24) is 24.0 Å². The topological polar surface area (TPSA) is 111 Å². The van der Waals surface area contributed by atoms with Crippen molar-refractivity contribution in [3.63, 3.8) is 0 Å². The van der Waals surface area contributed by atoms with Gasteiger partial charge < -0.3 is 9.09 Å². The summed E-state index contributed by atoms with van der Waals surface area (Å²) in [6, 6.07) is 1.54. The maximum Gasteiger partial charge on any atom is 0.258 e. The first kappa shape index (κ1) is 16.9. The Hall–Kier alpha value is -2.59. The van der Waals surface area contributed by atoms with Crippen LogP contribution in [0.3, 0.4) is 0 Å². The number of hydrogen-bond acceptors (Lipinski definition) is 7. The molecule has 0 saturated carbocycles. The van der Waals surface area contributed by atoms with Crippen molar-refractivity contribution in [2.45, 2.75) is 31.2 Å². The van der Waals surface area contributed by atoms with Crippen molar-refractivity contribution in [2.75, 3.05) is 6.54 Å². The molecule has 0 aromatic carbocycles. The minimum absolute atomic E-state index is 0.0655. The maximum atomic E-state index is 13.0. The van der Waals surface area contributed by atoms with Gasteiger partial charge in [-0.15, -0.1) is 0 Å². The molecule has 9 nitrogen and oxygen atoms in total. The van der Waals surface area contributed by atoms with Crippen molar-refractivity contribution < 1.29 is 12.9 Å². The lowest BCUT2D eigenvalue weighted by Gasteiger charge is -2.27. The van der Waals surface area contributed by atoms with Crippen molar-refractivity contribution >= 4 is 21.1 Å². The fraction of sp³-hybridized carbons (Fsp3) is 0.375. The summed E-state index contributed by atoms with van der Waals surface area (Å²) >= 11 is 0. The van der Waals surface area contributed by atoms with Gasteiger partial charge in [0.1, 0.15) is 4.90 Å². The van der Waals surface area contributed by atoms with Crippen LogP contribution in [0.25, 0.3) is 11.1 Å². The molecule has 0 bridgehead atoms. The third-order valence-electron chi connectivity index (χ3n) is 4.60. The normalized spacial score (nSPS) is 15.3. The van der Waals surface area contributed by atoms with Crippen molar-refractivity contribution in [3.05, 3.63) is 45.9 Å². The molecule has 0 N–H and O–H groups in total. The van der Waals surface area contributed by atoms with E-state index in [9.17, 15) is 13.2 Å². The van der Waals surface area contributed by atoms with Crippen LogP contribution < -0.4 is 5.56 Å². The van der Waals surface area contributed by atoms with Gasteiger partial charge in [-0.3, -0.25) is 4.79 Å². The zero-order valence-corrected chi connectivity index (χ0v) is 15.2. The molecule has 0 radical (unpaired) electrons. The third kappa shape index (κ3) is 2.53. The summed E-state index contributed by atoms with van der Waals surface area (Å²) in [5.41, 5.74) is 1.92. The second-order valence-electron chi connectivity index (χ2n) is 6.18. The average molecular weight is 375 g/mol. The maximum absolute atomic E-state index is 13.0. The SMILES string of the molecule is CCc1noc2ncc(S(=O)(=O)N3CCc4c(ncn(C)c4=O)C3)cc12. The van der Waals surface area contributed by atoms with E-state index in [1.54, 1.807) is 13.1 Å². The summed E-state index contributed by atoms with van der Waals surface area (Å²) < 4.78 is 33.9. The predicted molar refractivity (Wildman–Crippen MR) is 92.0 cm³/mol. The molecule has 0 fully saturated rings. The molecular formula is C16H17N5O4S. The van der Waals surface area contributed by atoms with E-state index in [2.05, 4.69) is 15.1 Å². The van der Waals surface area contributed by atoms with E-state index in [-0.39, 0.29) is 23.5 Å². The smallest absolute Gasteiger partial charge is 0.258 e. The standard InChI is InChI=1S/C16H17N5O4S/c1-3-13-12-6-10(7-17-15(12)25-19-13)26(23,24)21-5-4-11-14(8-21)18-9-20(2)16(11)22/h6-7,9H,3-5,8H2,1-2H3. The molecule has 26 heavy (non-hydrogen) atoms. The Morgan fingerprint density at radius 2 is 2.12 bits per heavy atom. The Labute approximate surface area is 149 Å². The highest BCUT2D eigenvalue weighted by Crippen LogP contribution is 2.25. The molecule has 0 unspecified atom stereocenters. The zero-order chi connectivity index (χ0) is 18.5. The van der Waals surface area contributed by atoms with Crippen LogP contribution in [-0.4, -0.2) is 39.0 Å². The van der Waals surface area contributed by atoms with Gasteiger partial charge in [0.15, 0.2) is 0 Å². The van der Waals surface area contributed by atoms with Gasteiger partial charge in [-0.1, -0.05) is 12.1 Å². The molecule has 4 heterocycles. The summed E-state index contributed by atoms with van der Waals surface area (Å²) in [6.45, 7) is 2.20. The van der Waals surface area contributed by atoms with E-state index in [1.165, 1.54) is 21.4 Å². The van der Waals surface area contributed by atoms with Crippen molar-refractivity contribution in [1.29, 1.82) is 0 Å². The fourth-order valence-corrected chi connectivity index (χ4v) is 4.48. The Kier molecular flexibility index (Phi) is 3.88. The first-order chi connectivity index (χ1) is 12.4. The van der Waals surface area contributed by atoms with E-state index >= 15 is 0 Å². The summed E-state index contributed by atoms with van der Waals surface area (Å²) in [5, 5.41) is 4.50. The molecule has 3 aromatic heterocycles. The van der Waals surface area contributed by atoms with Crippen molar-refractivity contribution in [2.24, 2.45) is 7.05 Å². The highest BCUT2D eigenvalue weighted by atomic mass is 32.2. The fourth-order valence-electron chi connectivity index (χ4n) is 3.10. The number of sulfonamides is 1. The molecule has 0 spiro atoms. The molecule has 10 heteroatoms. The van der Waals surface area contributed by atoms with Gasteiger partial charge in [0.25, 0.3) is 11.3 Å². The molecule has 1 aliphatic heterocycles. The lowest BCUT2D eigenvalue weighted by Crippen LogP contribution is -2.40. The Morgan fingerprint density at radius 3 is 2.88 bits per heavy atom. The molecule has 0 amide bonds. The summed E-state index contributed by atoms with van der Waals surface area (Å²) in [6.07, 6.45) is 3.63. The quantitative estimate of drug-likeness (QED) is 0.660. The first-order valence-corrected chi connectivity index (χ1v) is 9.63. The number of nitrogens with zero attached hydrogens (tertiary/aromatic N) is 5. The van der Waals surface area contributed by atoms with E-state index in [4.69, 9.17) is 4.52 Å². The Balaban J connectivity index is 1.73. The lowest BCUT2D eigenvalue weighted by atomic mass is 10.1. The molecule has 136 valence electrons. The van der Waals surface area contributed by atoms with Gasteiger partial charge in [-0.2, -0.15) is 4.31 Å². The van der Waals surface area contributed by atoms with Crippen LogP contribution in [-0.2, 0) is 36.5 Å². The minimum atomic E-state index is -3.77. The van der Waals surface area contributed by atoms with Gasteiger partial charge in [0, 0.05) is 19.2 Å². The summed E-state index contributed by atoms with van der Waals surface area (Å²) in [5.74, 6) is 0. The Morgan fingerprint density at radius 1 is 1.31 bits per heavy atom. The third-order valence-corrected chi connectivity index (χ3v) is 6.41. The average Bonchev–Trinajstić information content (AvgIpc) is 3.06. The number of fused-ring (bicyclic) bond motifs is 2. The lowest BCUT2D eigenvalue weighted by molar-refractivity contribution is 0.381. The molecule has 3 aromatic rings. The predicted octanol–water partition coefficient (Wildman–Crippen LogP) is 0.626. The van der Waals surface area contributed by atoms with E-state index in [0.717, 1.165) is 0 Å². The molecule has 1 aliphatic rings. The van der Waals surface area contributed by atoms with Crippen LogP contribution in [0.15, 0.2) is 32.8 Å². The molecule has 0 aliphatic carbocycles. The zero-order valence-electron chi connectivity index (χ0n) is 14.3. The van der Waals surface area contributed by atoms with Gasteiger partial charge in [0.05, 0.1) is 35.8 Å². The summed E-state index contributed by atoms with van der Waals surface area (Å²) in [7, 11) is -2.14. The minimum Gasteiger partial charge on any atom is -0.336 e. The summed E-state index contributed by atoms with van der Waals surface area (Å²) in [4.78, 5) is 20.5. The highest BCUT2D eigenvalue weighted by Gasteiger charge is 2.31. The number of rotatable bonds is 3. The number of pyridine rings is 1. The van der Waals surface area contributed by atoms with Gasteiger partial charge >= 0.3 is 0 Å². The second kappa shape index (κ2) is 5.99. The van der Waals surface area contributed by atoms with Gasteiger partial charge in [-0.05, 0) is 18.9 Å². The van der Waals surface area contributed by atoms with E-state index < -0.39 is 10.0 Å². The van der Waals surface area contributed by atoms with Crippen LogP contribution in [0.5, 0.6) is 0 Å². The van der Waals surface area contributed by atoms with Crippen LogP contribution >= 0.6 is 0 Å². The highest BCUT2D eigenvalue weighted by molar-refractivity contribution is 7.89. The monoisotopic (exact) mass is 375 g/mol. The van der Waals surface area contributed by atoms with Crippen LogP contribution in [0.1, 0.15) is 23.9 Å². The van der Waals surface area contributed by atoms with Gasteiger partial charge in [-0.25, -0.2) is 18.4 Å². The van der Waals surface area contributed by atoms with Gasteiger partial charge in [0.2, 0.25) is 10.0 Å². The molecule has 4 rings (SSSR count). The largest absolute Gasteiger partial charge is 0.336 e. The number of aromatic nitrogens is 4. The van der Waals surface area contributed by atoms with Crippen LogP contribution in [0.4, 0.5) is 0 Å². The Bertz CT molecular complexity index is 1170. The van der Waals surface area contributed by atoms with E-state index in [0.29, 0.717) is 40.9 Å². The molecule has 0 saturated heterocycles.